The standard InChI is InChI=1S/C22H24N4O3S/c23-22-25-19(14-30-22)12-21(29)24-18-8-6-16(7-9-18)10-11-26(15-27)13-20(28)17-4-2-1-3-5-17/h1-9,14-15,20,28H,10-13H2,(H2,23,25)(H,24,29)/t20-/m0/s1. The molecule has 30 heavy (non-hydrogen) atoms. The second-order valence-corrected chi connectivity index (χ2v) is 7.77. The molecule has 0 aliphatic heterocycles. The summed E-state index contributed by atoms with van der Waals surface area (Å²) in [7, 11) is 0. The van der Waals surface area contributed by atoms with Crippen LogP contribution < -0.4 is 11.1 Å². The molecule has 0 saturated heterocycles. The zero-order valence-corrected chi connectivity index (χ0v) is 17.2. The first-order valence-corrected chi connectivity index (χ1v) is 10.4. The molecule has 4 N–H and O–H groups in total. The van der Waals surface area contributed by atoms with Gasteiger partial charge in [0.25, 0.3) is 0 Å². The number of anilines is 2. The Balaban J connectivity index is 1.47. The fraction of sp³-hybridized carbons (Fsp3) is 0.227. The van der Waals surface area contributed by atoms with Crippen LogP contribution in [0.2, 0.25) is 0 Å². The average Bonchev–Trinajstić information content (AvgIpc) is 3.16. The van der Waals surface area contributed by atoms with E-state index in [0.717, 1.165) is 17.5 Å². The van der Waals surface area contributed by atoms with Gasteiger partial charge in [-0.05, 0) is 29.7 Å². The summed E-state index contributed by atoms with van der Waals surface area (Å²) in [6.07, 6.45) is 0.855. The van der Waals surface area contributed by atoms with Gasteiger partial charge in [-0.15, -0.1) is 11.3 Å². The number of aromatic nitrogens is 1. The van der Waals surface area contributed by atoms with Crippen LogP contribution in [0.1, 0.15) is 22.9 Å². The van der Waals surface area contributed by atoms with E-state index in [-0.39, 0.29) is 18.9 Å². The van der Waals surface area contributed by atoms with E-state index >= 15 is 0 Å². The van der Waals surface area contributed by atoms with Crippen molar-refractivity contribution in [3.05, 3.63) is 76.8 Å². The molecule has 0 radical (unpaired) electrons. The Morgan fingerprint density at radius 3 is 2.57 bits per heavy atom. The molecule has 0 aliphatic rings. The lowest BCUT2D eigenvalue weighted by Gasteiger charge is -2.21. The normalized spacial score (nSPS) is 11.6. The van der Waals surface area contributed by atoms with E-state index in [9.17, 15) is 14.7 Å². The summed E-state index contributed by atoms with van der Waals surface area (Å²) in [5.41, 5.74) is 8.73. The summed E-state index contributed by atoms with van der Waals surface area (Å²) >= 11 is 1.31. The highest BCUT2D eigenvalue weighted by Gasteiger charge is 2.12. The van der Waals surface area contributed by atoms with Crippen molar-refractivity contribution < 1.29 is 14.7 Å². The fourth-order valence-corrected chi connectivity index (χ4v) is 3.55. The molecule has 0 saturated carbocycles. The third kappa shape index (κ3) is 6.40. The van der Waals surface area contributed by atoms with Crippen molar-refractivity contribution in [2.75, 3.05) is 24.1 Å². The van der Waals surface area contributed by atoms with E-state index in [1.807, 2.05) is 54.6 Å². The Morgan fingerprint density at radius 1 is 1.20 bits per heavy atom. The SMILES string of the molecule is Nc1nc(CC(=O)Nc2ccc(CCN(C=O)C[C@H](O)c3ccccc3)cc2)cs1. The first-order valence-electron chi connectivity index (χ1n) is 9.54. The van der Waals surface area contributed by atoms with Gasteiger partial charge < -0.3 is 21.1 Å². The Labute approximate surface area is 179 Å². The molecule has 0 bridgehead atoms. The van der Waals surface area contributed by atoms with E-state index in [2.05, 4.69) is 10.3 Å². The molecule has 0 aliphatic carbocycles. The predicted octanol–water partition coefficient (Wildman–Crippen LogP) is 2.64. The quantitative estimate of drug-likeness (QED) is 0.434. The molecule has 3 aromatic rings. The van der Waals surface area contributed by atoms with Crippen LogP contribution in [0, 0.1) is 0 Å². The number of nitrogens with one attached hydrogen (secondary N) is 1. The number of rotatable bonds is 10. The second kappa shape index (κ2) is 10.5. The van der Waals surface area contributed by atoms with Gasteiger partial charge in [-0.25, -0.2) is 4.98 Å². The van der Waals surface area contributed by atoms with Crippen molar-refractivity contribution in [3.63, 3.8) is 0 Å². The van der Waals surface area contributed by atoms with Gasteiger partial charge in [-0.1, -0.05) is 42.5 Å². The summed E-state index contributed by atoms with van der Waals surface area (Å²) in [5, 5.41) is 15.3. The average molecular weight is 425 g/mol. The van der Waals surface area contributed by atoms with Gasteiger partial charge in [0.05, 0.1) is 24.8 Å². The summed E-state index contributed by atoms with van der Waals surface area (Å²) in [5.74, 6) is -0.157. The molecule has 3 rings (SSSR count). The van der Waals surface area contributed by atoms with Crippen LogP contribution in [0.5, 0.6) is 0 Å². The summed E-state index contributed by atoms with van der Waals surface area (Å²) in [4.78, 5) is 29.1. The highest BCUT2D eigenvalue weighted by atomic mass is 32.1. The first kappa shape index (κ1) is 21.5. The lowest BCUT2D eigenvalue weighted by atomic mass is 10.1. The number of hydrogen-bond acceptors (Lipinski definition) is 6. The van der Waals surface area contributed by atoms with Crippen molar-refractivity contribution in [1.29, 1.82) is 0 Å². The minimum absolute atomic E-state index is 0.157. The van der Waals surface area contributed by atoms with Gasteiger partial charge in [0.15, 0.2) is 5.13 Å². The van der Waals surface area contributed by atoms with Crippen LogP contribution in [0.3, 0.4) is 0 Å². The molecule has 1 heterocycles. The maximum atomic E-state index is 12.1. The molecule has 0 spiro atoms. The molecule has 1 aromatic heterocycles. The van der Waals surface area contributed by atoms with Crippen molar-refractivity contribution in [2.24, 2.45) is 0 Å². The summed E-state index contributed by atoms with van der Waals surface area (Å²) in [6, 6.07) is 16.7. The molecule has 0 unspecified atom stereocenters. The number of aliphatic hydroxyl groups is 1. The molecule has 1 atom stereocenters. The number of carbonyl (C=O) groups is 2. The molecule has 156 valence electrons. The fourth-order valence-electron chi connectivity index (χ4n) is 2.99. The number of benzene rings is 2. The topological polar surface area (TPSA) is 109 Å². The molecule has 0 fully saturated rings. The smallest absolute Gasteiger partial charge is 0.230 e. The van der Waals surface area contributed by atoms with Gasteiger partial charge in [0, 0.05) is 17.6 Å². The maximum Gasteiger partial charge on any atom is 0.230 e. The van der Waals surface area contributed by atoms with Crippen LogP contribution >= 0.6 is 11.3 Å². The zero-order chi connectivity index (χ0) is 21.3. The Morgan fingerprint density at radius 2 is 1.93 bits per heavy atom. The van der Waals surface area contributed by atoms with Crippen LogP contribution in [0.15, 0.2) is 60.0 Å². The van der Waals surface area contributed by atoms with Crippen LogP contribution in [-0.4, -0.2) is 40.4 Å². The van der Waals surface area contributed by atoms with E-state index in [1.165, 1.54) is 11.3 Å². The molecule has 7 nitrogen and oxygen atoms in total. The predicted molar refractivity (Wildman–Crippen MR) is 118 cm³/mol. The van der Waals surface area contributed by atoms with Crippen molar-refractivity contribution in [2.45, 2.75) is 18.9 Å². The second-order valence-electron chi connectivity index (χ2n) is 6.88. The maximum absolute atomic E-state index is 12.1. The minimum Gasteiger partial charge on any atom is -0.387 e. The van der Waals surface area contributed by atoms with Gasteiger partial charge >= 0.3 is 0 Å². The third-order valence-electron chi connectivity index (χ3n) is 4.58. The number of carbonyl (C=O) groups excluding carboxylic acids is 2. The number of nitrogens with zero attached hydrogens (tertiary/aromatic N) is 2. The highest BCUT2D eigenvalue weighted by molar-refractivity contribution is 7.13. The van der Waals surface area contributed by atoms with Gasteiger partial charge in [-0.3, -0.25) is 9.59 Å². The lowest BCUT2D eigenvalue weighted by molar-refractivity contribution is -0.119. The lowest BCUT2D eigenvalue weighted by Crippen LogP contribution is -2.29. The molecule has 2 aromatic carbocycles. The van der Waals surface area contributed by atoms with Crippen LogP contribution in [-0.2, 0) is 22.4 Å². The van der Waals surface area contributed by atoms with Crippen molar-refractivity contribution in [3.8, 4) is 0 Å². The number of amides is 2. The van der Waals surface area contributed by atoms with Gasteiger partial charge in [0.1, 0.15) is 0 Å². The molecule has 2 amide bonds. The Bertz CT molecular complexity index is 960. The highest BCUT2D eigenvalue weighted by Crippen LogP contribution is 2.15. The van der Waals surface area contributed by atoms with E-state index in [1.54, 1.807) is 10.3 Å². The van der Waals surface area contributed by atoms with E-state index in [4.69, 9.17) is 5.73 Å². The van der Waals surface area contributed by atoms with Crippen molar-refractivity contribution >= 4 is 34.5 Å². The van der Waals surface area contributed by atoms with Crippen molar-refractivity contribution in [1.82, 2.24) is 9.88 Å². The first-order chi connectivity index (χ1) is 14.5. The largest absolute Gasteiger partial charge is 0.387 e. The number of thiazole rings is 1. The molecule has 8 heteroatoms. The number of aliphatic hydroxyl groups excluding tert-OH is 1. The van der Waals surface area contributed by atoms with E-state index in [0.29, 0.717) is 29.5 Å². The Hall–Kier alpha value is -3.23. The number of nitrogens with two attached hydrogens (primary N) is 1. The van der Waals surface area contributed by atoms with Gasteiger partial charge in [0.2, 0.25) is 12.3 Å². The monoisotopic (exact) mass is 424 g/mol. The summed E-state index contributed by atoms with van der Waals surface area (Å²) < 4.78 is 0. The third-order valence-corrected chi connectivity index (χ3v) is 5.30. The van der Waals surface area contributed by atoms with E-state index < -0.39 is 6.10 Å². The van der Waals surface area contributed by atoms with Gasteiger partial charge in [-0.2, -0.15) is 0 Å². The number of nitrogen functional groups attached to an aromatic ring is 1. The molecular weight excluding hydrogens is 400 g/mol. The summed E-state index contributed by atoms with van der Waals surface area (Å²) in [6.45, 7) is 0.729. The Kier molecular flexibility index (Phi) is 7.53. The van der Waals surface area contributed by atoms with Crippen LogP contribution in [0.4, 0.5) is 10.8 Å². The van der Waals surface area contributed by atoms with Crippen LogP contribution in [0.25, 0.3) is 0 Å². The minimum atomic E-state index is -0.720. The molecular formula is C22H24N4O3S. The number of hydrogen-bond donors (Lipinski definition) is 3. The zero-order valence-electron chi connectivity index (χ0n) is 16.4.